The number of carbonyl (C=O) groups is 1. The van der Waals surface area contributed by atoms with Crippen molar-refractivity contribution in [3.8, 4) is 10.6 Å². The van der Waals surface area contributed by atoms with E-state index in [4.69, 9.17) is 0 Å². The van der Waals surface area contributed by atoms with Gasteiger partial charge in [-0.15, -0.1) is 23.1 Å². The summed E-state index contributed by atoms with van der Waals surface area (Å²) in [5.74, 6) is 0.337. The zero-order chi connectivity index (χ0) is 15.2. The number of nitrogens with one attached hydrogen (secondary N) is 1. The zero-order valence-corrected chi connectivity index (χ0v) is 13.2. The van der Waals surface area contributed by atoms with Gasteiger partial charge in [0.2, 0.25) is 5.91 Å². The van der Waals surface area contributed by atoms with Crippen molar-refractivity contribution >= 4 is 34.7 Å². The average Bonchev–Trinajstić information content (AvgIpc) is 3.09. The standard InChI is InChI=1S/C16H13N3OS2/c20-15(11-22-14-4-6-17-7-5-14)19-13-3-1-2-12(10-13)16-18-8-9-21-16/h1-10H,11H2,(H,19,20). The van der Waals surface area contributed by atoms with Gasteiger partial charge in [-0.3, -0.25) is 9.78 Å². The average molecular weight is 327 g/mol. The molecule has 2 heterocycles. The Labute approximate surface area is 136 Å². The van der Waals surface area contributed by atoms with Gasteiger partial charge < -0.3 is 5.32 Å². The summed E-state index contributed by atoms with van der Waals surface area (Å²) in [5, 5.41) is 5.80. The Balaban J connectivity index is 1.61. The van der Waals surface area contributed by atoms with Gasteiger partial charge in [0, 0.05) is 40.1 Å². The van der Waals surface area contributed by atoms with Crippen LogP contribution in [0.1, 0.15) is 0 Å². The van der Waals surface area contributed by atoms with Gasteiger partial charge in [0.05, 0.1) is 5.75 Å². The van der Waals surface area contributed by atoms with Crippen LogP contribution >= 0.6 is 23.1 Å². The maximum atomic E-state index is 12.0. The van der Waals surface area contributed by atoms with Crippen LogP contribution in [0.25, 0.3) is 10.6 Å². The fraction of sp³-hybridized carbons (Fsp3) is 0.0625. The van der Waals surface area contributed by atoms with Crippen LogP contribution in [-0.4, -0.2) is 21.6 Å². The van der Waals surface area contributed by atoms with Gasteiger partial charge in [0.15, 0.2) is 0 Å². The van der Waals surface area contributed by atoms with Crippen LogP contribution in [-0.2, 0) is 4.79 Å². The van der Waals surface area contributed by atoms with E-state index in [-0.39, 0.29) is 5.91 Å². The van der Waals surface area contributed by atoms with Crippen LogP contribution < -0.4 is 5.32 Å². The van der Waals surface area contributed by atoms with Crippen molar-refractivity contribution in [1.29, 1.82) is 0 Å². The zero-order valence-electron chi connectivity index (χ0n) is 11.6. The highest BCUT2D eigenvalue weighted by molar-refractivity contribution is 8.00. The minimum absolute atomic E-state index is 0.0295. The lowest BCUT2D eigenvalue weighted by molar-refractivity contribution is -0.113. The first kappa shape index (κ1) is 14.7. The summed E-state index contributed by atoms with van der Waals surface area (Å²) in [6.07, 6.45) is 5.21. The highest BCUT2D eigenvalue weighted by atomic mass is 32.2. The summed E-state index contributed by atoms with van der Waals surface area (Å²) in [5.41, 5.74) is 1.79. The molecule has 1 amide bonds. The number of hydrogen-bond acceptors (Lipinski definition) is 5. The molecule has 1 N–H and O–H groups in total. The van der Waals surface area contributed by atoms with E-state index in [1.165, 1.54) is 11.8 Å². The van der Waals surface area contributed by atoms with Crippen molar-refractivity contribution in [2.75, 3.05) is 11.1 Å². The molecular weight excluding hydrogens is 314 g/mol. The van der Waals surface area contributed by atoms with Gasteiger partial charge in [-0.2, -0.15) is 0 Å². The van der Waals surface area contributed by atoms with E-state index in [1.54, 1.807) is 29.9 Å². The lowest BCUT2D eigenvalue weighted by Gasteiger charge is -2.06. The molecule has 0 atom stereocenters. The molecule has 0 aliphatic carbocycles. The van der Waals surface area contributed by atoms with Crippen LogP contribution in [0.5, 0.6) is 0 Å². The molecule has 0 saturated heterocycles. The monoisotopic (exact) mass is 327 g/mol. The van der Waals surface area contributed by atoms with Gasteiger partial charge in [-0.05, 0) is 24.3 Å². The number of benzene rings is 1. The SMILES string of the molecule is O=C(CSc1ccncc1)Nc1cccc(-c2nccs2)c1. The van der Waals surface area contributed by atoms with Gasteiger partial charge in [0.25, 0.3) is 0 Å². The molecular formula is C16H13N3OS2. The molecule has 0 unspecified atom stereocenters. The molecule has 0 fully saturated rings. The maximum Gasteiger partial charge on any atom is 0.234 e. The number of rotatable bonds is 5. The Morgan fingerprint density at radius 3 is 2.82 bits per heavy atom. The number of thiazole rings is 1. The molecule has 4 nitrogen and oxygen atoms in total. The second kappa shape index (κ2) is 7.20. The predicted octanol–water partition coefficient (Wildman–Crippen LogP) is 3.94. The summed E-state index contributed by atoms with van der Waals surface area (Å²) in [6.45, 7) is 0. The van der Waals surface area contributed by atoms with E-state index in [2.05, 4.69) is 15.3 Å². The lowest BCUT2D eigenvalue weighted by atomic mass is 10.2. The van der Waals surface area contributed by atoms with E-state index < -0.39 is 0 Å². The molecule has 0 bridgehead atoms. The van der Waals surface area contributed by atoms with E-state index in [9.17, 15) is 4.79 Å². The minimum atomic E-state index is -0.0295. The number of nitrogens with zero attached hydrogens (tertiary/aromatic N) is 2. The van der Waals surface area contributed by atoms with Crippen molar-refractivity contribution in [3.63, 3.8) is 0 Å². The van der Waals surface area contributed by atoms with Crippen LogP contribution in [0.3, 0.4) is 0 Å². The number of amides is 1. The van der Waals surface area contributed by atoms with Crippen molar-refractivity contribution in [1.82, 2.24) is 9.97 Å². The Kier molecular flexibility index (Phi) is 4.82. The minimum Gasteiger partial charge on any atom is -0.325 e. The largest absolute Gasteiger partial charge is 0.325 e. The van der Waals surface area contributed by atoms with E-state index in [1.807, 2.05) is 41.8 Å². The molecule has 1 aromatic carbocycles. The molecule has 0 radical (unpaired) electrons. The second-order valence-electron chi connectivity index (χ2n) is 4.44. The van der Waals surface area contributed by atoms with Gasteiger partial charge in [0.1, 0.15) is 5.01 Å². The van der Waals surface area contributed by atoms with Gasteiger partial charge in [-0.1, -0.05) is 12.1 Å². The Hall–Kier alpha value is -2.18. The molecule has 110 valence electrons. The number of hydrogen-bond donors (Lipinski definition) is 1. The summed E-state index contributed by atoms with van der Waals surface area (Å²) in [6, 6.07) is 11.5. The first-order valence-corrected chi connectivity index (χ1v) is 8.50. The third-order valence-electron chi connectivity index (χ3n) is 2.85. The maximum absolute atomic E-state index is 12.0. The molecule has 0 saturated carbocycles. The summed E-state index contributed by atoms with van der Waals surface area (Å²) >= 11 is 3.06. The van der Waals surface area contributed by atoms with Crippen LogP contribution in [0.2, 0.25) is 0 Å². The van der Waals surface area contributed by atoms with Crippen molar-refractivity contribution in [2.45, 2.75) is 4.90 Å². The number of pyridine rings is 1. The third kappa shape index (κ3) is 3.93. The summed E-state index contributed by atoms with van der Waals surface area (Å²) in [4.78, 5) is 21.3. The van der Waals surface area contributed by atoms with Crippen LogP contribution in [0.4, 0.5) is 5.69 Å². The molecule has 0 aliphatic rings. The Morgan fingerprint density at radius 2 is 2.05 bits per heavy atom. The number of thioether (sulfide) groups is 1. The highest BCUT2D eigenvalue weighted by Crippen LogP contribution is 2.24. The summed E-state index contributed by atoms with van der Waals surface area (Å²) < 4.78 is 0. The Bertz CT molecular complexity index is 745. The van der Waals surface area contributed by atoms with Gasteiger partial charge >= 0.3 is 0 Å². The molecule has 3 aromatic rings. The van der Waals surface area contributed by atoms with Crippen LogP contribution in [0.15, 0.2) is 65.3 Å². The van der Waals surface area contributed by atoms with Crippen molar-refractivity contribution in [2.24, 2.45) is 0 Å². The topological polar surface area (TPSA) is 54.9 Å². The fourth-order valence-electron chi connectivity index (χ4n) is 1.88. The first-order valence-electron chi connectivity index (χ1n) is 6.64. The van der Waals surface area contributed by atoms with E-state index in [0.717, 1.165) is 21.2 Å². The fourth-order valence-corrected chi connectivity index (χ4v) is 3.20. The molecule has 0 spiro atoms. The van der Waals surface area contributed by atoms with E-state index in [0.29, 0.717) is 5.75 Å². The first-order chi connectivity index (χ1) is 10.8. The van der Waals surface area contributed by atoms with Gasteiger partial charge in [-0.25, -0.2) is 4.98 Å². The molecule has 0 aliphatic heterocycles. The molecule has 3 rings (SSSR count). The summed E-state index contributed by atoms with van der Waals surface area (Å²) in [7, 11) is 0. The number of carbonyl (C=O) groups excluding carboxylic acids is 1. The molecule has 2 aromatic heterocycles. The lowest BCUT2D eigenvalue weighted by Crippen LogP contribution is -2.13. The smallest absolute Gasteiger partial charge is 0.234 e. The quantitative estimate of drug-likeness (QED) is 0.721. The third-order valence-corrected chi connectivity index (χ3v) is 4.68. The Morgan fingerprint density at radius 1 is 1.18 bits per heavy atom. The van der Waals surface area contributed by atoms with Crippen molar-refractivity contribution < 1.29 is 4.79 Å². The highest BCUT2D eigenvalue weighted by Gasteiger charge is 2.06. The normalized spacial score (nSPS) is 10.4. The van der Waals surface area contributed by atoms with Crippen molar-refractivity contribution in [3.05, 3.63) is 60.4 Å². The molecule has 22 heavy (non-hydrogen) atoms. The second-order valence-corrected chi connectivity index (χ2v) is 6.38. The van der Waals surface area contributed by atoms with Crippen LogP contribution in [0, 0.1) is 0 Å². The molecule has 6 heteroatoms. The van der Waals surface area contributed by atoms with E-state index >= 15 is 0 Å². The predicted molar refractivity (Wildman–Crippen MR) is 91.1 cm³/mol. The number of anilines is 1. The number of aromatic nitrogens is 2.